The maximum atomic E-state index is 5.45. The van der Waals surface area contributed by atoms with E-state index in [0.29, 0.717) is 35.1 Å². The fraction of sp³-hybridized carbons (Fsp3) is 0.200. The molecule has 0 bridgehead atoms. The quantitative estimate of drug-likeness (QED) is 0.511. The molecule has 2 heterocycles. The van der Waals surface area contributed by atoms with Crippen LogP contribution in [0.15, 0.2) is 48.8 Å². The summed E-state index contributed by atoms with van der Waals surface area (Å²) >= 11 is 0. The summed E-state index contributed by atoms with van der Waals surface area (Å²) in [5.74, 6) is 2.34. The second-order valence-corrected chi connectivity index (χ2v) is 6.06. The summed E-state index contributed by atoms with van der Waals surface area (Å²) in [6.07, 6.45) is 2.07. The van der Waals surface area contributed by atoms with Crippen LogP contribution in [-0.4, -0.2) is 46.1 Å². The normalized spacial score (nSPS) is 10.8. The lowest BCUT2D eigenvalue weighted by atomic mass is 10.1. The van der Waals surface area contributed by atoms with E-state index in [9.17, 15) is 0 Å². The minimum atomic E-state index is 0.501. The van der Waals surface area contributed by atoms with E-state index in [4.69, 9.17) is 19.2 Å². The molecule has 0 N–H and O–H groups in total. The van der Waals surface area contributed by atoms with Crippen LogP contribution in [0.1, 0.15) is 11.3 Å². The number of hydrogen-bond donors (Lipinski definition) is 0. The molecule has 4 aromatic rings. The number of rotatable bonds is 6. The van der Waals surface area contributed by atoms with Crippen LogP contribution in [0.3, 0.4) is 0 Å². The second kappa shape index (κ2) is 7.51. The van der Waals surface area contributed by atoms with Crippen molar-refractivity contribution in [1.82, 2.24) is 24.8 Å². The molecular weight excluding hydrogens is 358 g/mol. The monoisotopic (exact) mass is 377 g/mol. The number of nitrogens with zero attached hydrogens (tertiary/aromatic N) is 5. The smallest absolute Gasteiger partial charge is 0.203 e. The molecule has 4 rings (SSSR count). The molecule has 0 saturated heterocycles. The van der Waals surface area contributed by atoms with Crippen LogP contribution in [0.4, 0.5) is 0 Å². The van der Waals surface area contributed by atoms with Crippen molar-refractivity contribution >= 4 is 5.65 Å². The van der Waals surface area contributed by atoms with Crippen LogP contribution < -0.4 is 14.2 Å². The molecule has 0 aliphatic rings. The Hall–Kier alpha value is -3.68. The second-order valence-electron chi connectivity index (χ2n) is 6.06. The summed E-state index contributed by atoms with van der Waals surface area (Å²) in [6.45, 7) is 0. The van der Waals surface area contributed by atoms with Gasteiger partial charge in [-0.25, -0.2) is 4.98 Å². The summed E-state index contributed by atoms with van der Waals surface area (Å²) in [6, 6.07) is 13.6. The van der Waals surface area contributed by atoms with Gasteiger partial charge in [0.2, 0.25) is 5.75 Å². The van der Waals surface area contributed by atoms with E-state index in [1.807, 2.05) is 42.5 Å². The van der Waals surface area contributed by atoms with Gasteiger partial charge in [0.1, 0.15) is 6.33 Å². The lowest BCUT2D eigenvalue weighted by Crippen LogP contribution is -2.05. The lowest BCUT2D eigenvalue weighted by Gasteiger charge is -2.14. The zero-order valence-corrected chi connectivity index (χ0v) is 15.8. The highest BCUT2D eigenvalue weighted by Crippen LogP contribution is 2.38. The molecule has 0 fully saturated rings. The van der Waals surface area contributed by atoms with Crippen molar-refractivity contribution < 1.29 is 14.2 Å². The molecule has 142 valence electrons. The van der Waals surface area contributed by atoms with Crippen molar-refractivity contribution in [2.75, 3.05) is 21.3 Å². The summed E-state index contributed by atoms with van der Waals surface area (Å²) in [5, 5.41) is 12.7. The van der Waals surface area contributed by atoms with Gasteiger partial charge in [-0.3, -0.25) is 0 Å². The van der Waals surface area contributed by atoms with Gasteiger partial charge in [0.05, 0.1) is 27.0 Å². The highest BCUT2D eigenvalue weighted by Gasteiger charge is 2.16. The van der Waals surface area contributed by atoms with Crippen molar-refractivity contribution in [3.63, 3.8) is 0 Å². The van der Waals surface area contributed by atoms with Crippen molar-refractivity contribution in [3.05, 3.63) is 60.0 Å². The van der Waals surface area contributed by atoms with Crippen molar-refractivity contribution in [3.8, 4) is 28.6 Å². The SMILES string of the molecule is COc1cc(Cc2nc(-c3ccccc3)nn3cnnc23)cc(OC)c1OC. The summed E-state index contributed by atoms with van der Waals surface area (Å²) in [7, 11) is 4.77. The van der Waals surface area contributed by atoms with E-state index in [-0.39, 0.29) is 0 Å². The molecule has 0 amide bonds. The minimum Gasteiger partial charge on any atom is -0.493 e. The zero-order chi connectivity index (χ0) is 19.5. The molecule has 0 aliphatic carbocycles. The topological polar surface area (TPSA) is 83.7 Å². The number of fused-ring (bicyclic) bond motifs is 1. The first kappa shape index (κ1) is 17.7. The number of methoxy groups -OCH3 is 3. The third-order valence-electron chi connectivity index (χ3n) is 4.36. The molecule has 0 aliphatic heterocycles. The van der Waals surface area contributed by atoms with Gasteiger partial charge in [-0.2, -0.15) is 4.52 Å². The van der Waals surface area contributed by atoms with E-state index in [1.54, 1.807) is 32.2 Å². The molecule has 2 aromatic carbocycles. The van der Waals surface area contributed by atoms with E-state index in [2.05, 4.69) is 15.3 Å². The highest BCUT2D eigenvalue weighted by atomic mass is 16.5. The van der Waals surface area contributed by atoms with Gasteiger partial charge in [0, 0.05) is 12.0 Å². The van der Waals surface area contributed by atoms with Gasteiger partial charge in [-0.1, -0.05) is 30.3 Å². The minimum absolute atomic E-state index is 0.501. The van der Waals surface area contributed by atoms with Crippen molar-refractivity contribution in [2.24, 2.45) is 0 Å². The van der Waals surface area contributed by atoms with E-state index in [0.717, 1.165) is 16.8 Å². The van der Waals surface area contributed by atoms with Crippen molar-refractivity contribution in [2.45, 2.75) is 6.42 Å². The maximum absolute atomic E-state index is 5.45. The Kier molecular flexibility index (Phi) is 4.76. The van der Waals surface area contributed by atoms with Crippen LogP contribution >= 0.6 is 0 Å². The van der Waals surface area contributed by atoms with Gasteiger partial charge in [-0.05, 0) is 17.7 Å². The first-order valence-electron chi connectivity index (χ1n) is 8.64. The molecule has 28 heavy (non-hydrogen) atoms. The number of ether oxygens (including phenoxy) is 3. The average Bonchev–Trinajstić information content (AvgIpc) is 3.22. The Balaban J connectivity index is 1.81. The third kappa shape index (κ3) is 3.20. The van der Waals surface area contributed by atoms with Gasteiger partial charge < -0.3 is 14.2 Å². The molecule has 8 nitrogen and oxygen atoms in total. The third-order valence-corrected chi connectivity index (χ3v) is 4.36. The summed E-state index contributed by atoms with van der Waals surface area (Å²) < 4.78 is 17.9. The van der Waals surface area contributed by atoms with E-state index >= 15 is 0 Å². The van der Waals surface area contributed by atoms with Crippen LogP contribution in [0.5, 0.6) is 17.2 Å². The van der Waals surface area contributed by atoms with Gasteiger partial charge >= 0.3 is 0 Å². The molecule has 0 spiro atoms. The number of hydrogen-bond acceptors (Lipinski definition) is 7. The lowest BCUT2D eigenvalue weighted by molar-refractivity contribution is 0.324. The Bertz CT molecular complexity index is 1090. The molecular formula is C20H19N5O3. The predicted octanol–water partition coefficient (Wildman–Crippen LogP) is 2.80. The maximum Gasteiger partial charge on any atom is 0.203 e. The summed E-state index contributed by atoms with van der Waals surface area (Å²) in [4.78, 5) is 4.74. The Morgan fingerprint density at radius 2 is 1.64 bits per heavy atom. The fourth-order valence-electron chi connectivity index (χ4n) is 3.05. The average molecular weight is 377 g/mol. The van der Waals surface area contributed by atoms with Crippen molar-refractivity contribution in [1.29, 1.82) is 0 Å². The van der Waals surface area contributed by atoms with Gasteiger partial charge in [-0.15, -0.1) is 15.3 Å². The van der Waals surface area contributed by atoms with E-state index < -0.39 is 0 Å². The molecule has 0 unspecified atom stereocenters. The first-order valence-corrected chi connectivity index (χ1v) is 8.64. The Morgan fingerprint density at radius 1 is 0.929 bits per heavy atom. The van der Waals surface area contributed by atoms with Crippen LogP contribution in [-0.2, 0) is 6.42 Å². The summed E-state index contributed by atoms with van der Waals surface area (Å²) in [5.41, 5.74) is 3.22. The zero-order valence-electron chi connectivity index (χ0n) is 15.8. The van der Waals surface area contributed by atoms with Crippen LogP contribution in [0.25, 0.3) is 17.0 Å². The largest absolute Gasteiger partial charge is 0.493 e. The molecule has 0 saturated carbocycles. The fourth-order valence-corrected chi connectivity index (χ4v) is 3.05. The molecule has 0 atom stereocenters. The Labute approximate surface area is 161 Å². The van der Waals surface area contributed by atoms with Gasteiger partial charge in [0.15, 0.2) is 23.0 Å². The first-order chi connectivity index (χ1) is 13.7. The van der Waals surface area contributed by atoms with Crippen LogP contribution in [0.2, 0.25) is 0 Å². The molecule has 8 heteroatoms. The number of benzene rings is 2. The Morgan fingerprint density at radius 3 is 2.29 bits per heavy atom. The van der Waals surface area contributed by atoms with E-state index in [1.165, 1.54) is 0 Å². The van der Waals surface area contributed by atoms with Gasteiger partial charge in [0.25, 0.3) is 0 Å². The molecule has 2 aromatic heterocycles. The predicted molar refractivity (Wildman–Crippen MR) is 103 cm³/mol. The highest BCUT2D eigenvalue weighted by molar-refractivity contribution is 5.58. The molecule has 0 radical (unpaired) electrons. The number of aromatic nitrogens is 5. The van der Waals surface area contributed by atoms with Crippen LogP contribution in [0, 0.1) is 0 Å². The standard InChI is InChI=1S/C20H19N5O3/c1-26-16-10-13(11-17(27-2)18(16)28-3)9-15-20-23-21-12-25(20)24-19(22-15)14-7-5-4-6-8-14/h4-8,10-12H,9H2,1-3H3.